The van der Waals surface area contributed by atoms with Crippen molar-refractivity contribution < 1.29 is 43.2 Å². The number of unbranched alkanes of at least 4 members (excludes halogenated alkanes) is 1. The Morgan fingerprint density at radius 1 is 0.449 bits per heavy atom. The summed E-state index contributed by atoms with van der Waals surface area (Å²) >= 11 is 0. The van der Waals surface area contributed by atoms with Gasteiger partial charge in [0.25, 0.3) is 0 Å². The van der Waals surface area contributed by atoms with Crippen LogP contribution in [0.15, 0.2) is 0 Å². The van der Waals surface area contributed by atoms with Gasteiger partial charge in [-0.2, -0.15) is 0 Å². The molecule has 0 aliphatic heterocycles. The predicted molar refractivity (Wildman–Crippen MR) is 187 cm³/mol. The fourth-order valence-corrected chi connectivity index (χ4v) is 4.36. The van der Waals surface area contributed by atoms with Crippen LogP contribution in [0.1, 0.15) is 127 Å². The Kier molecular flexibility index (Phi) is 25.2. The Bertz CT molecular complexity index is 1140. The van der Waals surface area contributed by atoms with Crippen molar-refractivity contribution in [3.8, 4) is 0 Å². The van der Waals surface area contributed by atoms with E-state index in [1.165, 1.54) is 41.5 Å². The van der Waals surface area contributed by atoms with Gasteiger partial charge in [-0.25, -0.2) is 9.59 Å². The number of nitrogens with one attached hydrogen (secondary N) is 5. The Hall–Kier alpha value is -3.81. The molecular formula is C35H61N5O9. The maximum atomic E-state index is 12.1. The third-order valence-corrected chi connectivity index (χ3v) is 7.55. The van der Waals surface area contributed by atoms with Gasteiger partial charge in [0.2, 0.25) is 0 Å². The molecule has 4 amide bonds. The summed E-state index contributed by atoms with van der Waals surface area (Å²) in [5.41, 5.74) is 0. The van der Waals surface area contributed by atoms with Gasteiger partial charge in [-0.05, 0) is 86.6 Å². The van der Waals surface area contributed by atoms with Gasteiger partial charge >= 0.3 is 12.1 Å². The summed E-state index contributed by atoms with van der Waals surface area (Å²) in [5, 5.41) is 13.5. The second kappa shape index (κ2) is 26.1. The van der Waals surface area contributed by atoms with Gasteiger partial charge < -0.3 is 36.2 Å². The first-order valence-corrected chi connectivity index (χ1v) is 17.1. The molecule has 0 fully saturated rings. The quantitative estimate of drug-likeness (QED) is 0.0929. The Morgan fingerprint density at radius 2 is 0.776 bits per heavy atom. The number of carbonyl (C=O) groups is 9. The number of ketones is 7. The zero-order valence-corrected chi connectivity index (χ0v) is 31.2. The summed E-state index contributed by atoms with van der Waals surface area (Å²) in [6, 6.07) is -3.63. The van der Waals surface area contributed by atoms with Gasteiger partial charge in [0, 0.05) is 31.2 Å². The van der Waals surface area contributed by atoms with Crippen LogP contribution in [-0.2, 0) is 33.6 Å². The maximum Gasteiger partial charge on any atom is 0.315 e. The number of hydrogen-bond donors (Lipinski definition) is 5. The molecule has 280 valence electrons. The van der Waals surface area contributed by atoms with E-state index in [0.717, 1.165) is 19.4 Å². The molecular weight excluding hydrogens is 634 g/mol. The van der Waals surface area contributed by atoms with E-state index in [1.807, 2.05) is 0 Å². The molecule has 0 saturated carbocycles. The highest BCUT2D eigenvalue weighted by atomic mass is 16.2. The molecule has 49 heavy (non-hydrogen) atoms. The van der Waals surface area contributed by atoms with Crippen molar-refractivity contribution in [3.63, 3.8) is 0 Å². The molecule has 14 nitrogen and oxygen atoms in total. The molecule has 0 radical (unpaired) electrons. The number of rotatable bonds is 24. The minimum Gasteiger partial charge on any atom is -0.328 e. The van der Waals surface area contributed by atoms with Crippen LogP contribution < -0.4 is 26.6 Å². The van der Waals surface area contributed by atoms with Crippen molar-refractivity contribution in [2.24, 2.45) is 5.92 Å². The Balaban J connectivity index is 0. The molecule has 14 heteroatoms. The summed E-state index contributed by atoms with van der Waals surface area (Å²) in [7, 11) is 0. The third-order valence-electron chi connectivity index (χ3n) is 7.55. The lowest BCUT2D eigenvalue weighted by Crippen LogP contribution is -2.50. The highest BCUT2D eigenvalue weighted by molar-refractivity contribution is 5.92. The molecule has 0 aliphatic rings. The van der Waals surface area contributed by atoms with Crippen molar-refractivity contribution >= 4 is 52.5 Å². The summed E-state index contributed by atoms with van der Waals surface area (Å²) in [4.78, 5) is 104. The van der Waals surface area contributed by atoms with E-state index in [2.05, 4.69) is 40.4 Å². The Labute approximate surface area is 291 Å². The summed E-state index contributed by atoms with van der Waals surface area (Å²) in [6.07, 6.45) is 3.59. The van der Waals surface area contributed by atoms with E-state index in [4.69, 9.17) is 0 Å². The lowest BCUT2D eigenvalue weighted by molar-refractivity contribution is -0.123. The number of urea groups is 2. The SMILES string of the molecule is CC(=O)CC[C@H](NC(=O)N[C@@H](CCC(=O)C(C)C)C(C)=O)C(C)=O.CC(=O)CC[C@H](NC(=O)N[C@@H](CCCCNC(C)C)C(C)=O)C(C)=O. The van der Waals surface area contributed by atoms with Crippen LogP contribution in [0.3, 0.4) is 0 Å². The van der Waals surface area contributed by atoms with E-state index in [1.54, 1.807) is 13.8 Å². The van der Waals surface area contributed by atoms with Crippen LogP contribution in [0.2, 0.25) is 0 Å². The van der Waals surface area contributed by atoms with Crippen molar-refractivity contribution in [1.29, 1.82) is 0 Å². The lowest BCUT2D eigenvalue weighted by Gasteiger charge is -2.20. The van der Waals surface area contributed by atoms with Crippen molar-refractivity contribution in [2.75, 3.05) is 6.54 Å². The van der Waals surface area contributed by atoms with Crippen molar-refractivity contribution in [2.45, 2.75) is 157 Å². The van der Waals surface area contributed by atoms with Crippen LogP contribution in [0.4, 0.5) is 9.59 Å². The van der Waals surface area contributed by atoms with Crippen molar-refractivity contribution in [1.82, 2.24) is 26.6 Å². The van der Waals surface area contributed by atoms with Crippen molar-refractivity contribution in [3.05, 3.63) is 0 Å². The number of carbonyl (C=O) groups excluding carboxylic acids is 9. The number of Topliss-reactive ketones (excluding diaryl/α,β-unsaturated/α-hetero) is 7. The molecule has 0 unspecified atom stereocenters. The van der Waals surface area contributed by atoms with E-state index < -0.39 is 36.2 Å². The minimum absolute atomic E-state index is 0.0199. The topological polar surface area (TPSA) is 214 Å². The molecule has 0 spiro atoms. The average Bonchev–Trinajstić information content (AvgIpc) is 2.97. The molecule has 0 bridgehead atoms. The molecule has 0 aromatic rings. The molecule has 0 rings (SSSR count). The fraction of sp³-hybridized carbons (Fsp3) is 0.743. The standard InChI is InChI=1S/C18H33N3O4.C17H28N2O5/c1-12(2)19-11-7-6-8-16(14(4)23)20-18(25)21-17(15(5)24)10-9-13(3)22;1-10(2)16(23)9-8-15(13(5)22)19-17(24)18-14(12(4)21)7-6-11(3)20/h12,16-17,19H,6-11H2,1-5H3,(H2,20,21,25);10,14-15H,6-9H2,1-5H3,(H2,18,19,24)/t16-,17-;14-,15-/m00/s1. The van der Waals surface area contributed by atoms with Crippen LogP contribution in [0, 0.1) is 5.92 Å². The summed E-state index contributed by atoms with van der Waals surface area (Å²) in [5.74, 6) is -1.06. The fourth-order valence-electron chi connectivity index (χ4n) is 4.36. The van der Waals surface area contributed by atoms with E-state index >= 15 is 0 Å². The zero-order valence-electron chi connectivity index (χ0n) is 31.2. The summed E-state index contributed by atoms with van der Waals surface area (Å²) < 4.78 is 0. The highest BCUT2D eigenvalue weighted by Crippen LogP contribution is 2.07. The van der Waals surface area contributed by atoms with Gasteiger partial charge in [-0.15, -0.1) is 0 Å². The van der Waals surface area contributed by atoms with Crippen LogP contribution in [0.5, 0.6) is 0 Å². The monoisotopic (exact) mass is 695 g/mol. The van der Waals surface area contributed by atoms with E-state index in [0.29, 0.717) is 12.5 Å². The third kappa shape index (κ3) is 25.8. The molecule has 0 saturated heterocycles. The molecule has 5 N–H and O–H groups in total. The molecule has 0 aromatic heterocycles. The van der Waals surface area contributed by atoms with Crippen LogP contribution >= 0.6 is 0 Å². The Morgan fingerprint density at radius 3 is 1.06 bits per heavy atom. The van der Waals surface area contributed by atoms with Crippen LogP contribution in [-0.4, -0.2) is 89.3 Å². The van der Waals surface area contributed by atoms with Gasteiger partial charge in [-0.3, -0.25) is 24.0 Å². The molecule has 0 aromatic carbocycles. The predicted octanol–water partition coefficient (Wildman–Crippen LogP) is 3.31. The maximum absolute atomic E-state index is 12.1. The minimum atomic E-state index is -0.784. The first-order chi connectivity index (χ1) is 22.7. The molecule has 4 atom stereocenters. The number of hydrogen-bond acceptors (Lipinski definition) is 10. The average molecular weight is 696 g/mol. The van der Waals surface area contributed by atoms with E-state index in [9.17, 15) is 43.2 Å². The van der Waals surface area contributed by atoms with Gasteiger partial charge in [0.05, 0.1) is 24.2 Å². The van der Waals surface area contributed by atoms with Gasteiger partial charge in [0.15, 0.2) is 23.1 Å². The first kappa shape index (κ1) is 47.3. The molecule has 0 heterocycles. The smallest absolute Gasteiger partial charge is 0.315 e. The van der Waals surface area contributed by atoms with Gasteiger partial charge in [-0.1, -0.05) is 27.7 Å². The lowest BCUT2D eigenvalue weighted by atomic mass is 10.00. The summed E-state index contributed by atoms with van der Waals surface area (Å²) in [6.45, 7) is 16.9. The van der Waals surface area contributed by atoms with Gasteiger partial charge in [0.1, 0.15) is 17.3 Å². The van der Waals surface area contributed by atoms with Crippen LogP contribution in [0.25, 0.3) is 0 Å². The molecule has 0 aliphatic carbocycles. The van der Waals surface area contributed by atoms with E-state index in [-0.39, 0.29) is 84.9 Å². The zero-order chi connectivity index (χ0) is 38.3. The second-order valence-corrected chi connectivity index (χ2v) is 13.1. The highest BCUT2D eigenvalue weighted by Gasteiger charge is 2.23. The normalized spacial score (nSPS) is 13.1. The number of amides is 4. The largest absolute Gasteiger partial charge is 0.328 e. The first-order valence-electron chi connectivity index (χ1n) is 17.1. The second-order valence-electron chi connectivity index (χ2n) is 13.1.